The zero-order chi connectivity index (χ0) is 16.0. The van der Waals surface area contributed by atoms with Gasteiger partial charge in [-0.2, -0.15) is 0 Å². The quantitative estimate of drug-likeness (QED) is 0.646. The molecule has 0 aliphatic rings. The van der Waals surface area contributed by atoms with Crippen LogP contribution in [0.2, 0.25) is 0 Å². The number of benzene rings is 1. The third kappa shape index (κ3) is 5.82. The fourth-order valence-electron chi connectivity index (χ4n) is 1.39. The minimum absolute atomic E-state index is 0.0798. The Labute approximate surface area is 130 Å². The molecule has 1 rings (SSSR count). The van der Waals surface area contributed by atoms with Crippen molar-refractivity contribution in [3.05, 3.63) is 28.7 Å². The molecule has 0 saturated heterocycles. The first kappa shape index (κ1) is 17.6. The highest BCUT2D eigenvalue weighted by atomic mass is 79.9. The number of hydrogen-bond acceptors (Lipinski definition) is 4. The molecule has 0 aliphatic heterocycles. The van der Waals surface area contributed by atoms with Crippen LogP contribution in [0.5, 0.6) is 0 Å². The molecule has 9 heteroatoms. The Balaban J connectivity index is 2.52. The Morgan fingerprint density at radius 1 is 1.38 bits per heavy atom. The molecule has 1 atom stereocenters. The van der Waals surface area contributed by atoms with Gasteiger partial charge in [0.2, 0.25) is 15.9 Å². The minimum atomic E-state index is -3.70. The van der Waals surface area contributed by atoms with Crippen LogP contribution in [0.4, 0.5) is 0 Å². The van der Waals surface area contributed by atoms with Crippen molar-refractivity contribution in [3.63, 3.8) is 0 Å². The fourth-order valence-corrected chi connectivity index (χ4v) is 3.02. The molecule has 0 fully saturated rings. The standard InChI is InChI=1S/C12H15BrN2O5S/c1-8(12(17)18)15-11(16)5-6-14-21(19,20)10-4-2-3-9(13)7-10/h2-4,7-8,14H,5-6H2,1H3,(H,15,16)(H,17,18)/t8-/m1/s1. The zero-order valence-corrected chi connectivity index (χ0v) is 13.6. The largest absolute Gasteiger partial charge is 0.480 e. The number of aliphatic carboxylic acids is 1. The van der Waals surface area contributed by atoms with Gasteiger partial charge in [-0.25, -0.2) is 13.1 Å². The average Bonchev–Trinajstić information content (AvgIpc) is 2.38. The topological polar surface area (TPSA) is 113 Å². The molecule has 0 spiro atoms. The maximum Gasteiger partial charge on any atom is 0.325 e. The van der Waals surface area contributed by atoms with E-state index in [9.17, 15) is 18.0 Å². The highest BCUT2D eigenvalue weighted by Gasteiger charge is 2.16. The molecule has 1 aromatic rings. The van der Waals surface area contributed by atoms with Crippen molar-refractivity contribution in [2.45, 2.75) is 24.3 Å². The van der Waals surface area contributed by atoms with Gasteiger partial charge in [0.1, 0.15) is 6.04 Å². The van der Waals surface area contributed by atoms with Crippen molar-refractivity contribution in [2.75, 3.05) is 6.54 Å². The highest BCUT2D eigenvalue weighted by Crippen LogP contribution is 2.15. The molecule has 0 heterocycles. The van der Waals surface area contributed by atoms with Gasteiger partial charge in [0.05, 0.1) is 4.90 Å². The van der Waals surface area contributed by atoms with E-state index in [1.807, 2.05) is 0 Å². The monoisotopic (exact) mass is 378 g/mol. The SMILES string of the molecule is C[C@@H](NC(=O)CCNS(=O)(=O)c1cccc(Br)c1)C(=O)O. The van der Waals surface area contributed by atoms with E-state index < -0.39 is 27.9 Å². The first-order valence-corrected chi connectivity index (χ1v) is 8.27. The molecule has 116 valence electrons. The number of carbonyl (C=O) groups is 2. The van der Waals surface area contributed by atoms with Crippen LogP contribution < -0.4 is 10.0 Å². The molecule has 0 aliphatic carbocycles. The number of sulfonamides is 1. The van der Waals surface area contributed by atoms with E-state index in [1.54, 1.807) is 12.1 Å². The minimum Gasteiger partial charge on any atom is -0.480 e. The summed E-state index contributed by atoms with van der Waals surface area (Å²) in [6.07, 6.45) is -0.148. The lowest BCUT2D eigenvalue weighted by atomic mass is 10.3. The number of nitrogens with one attached hydrogen (secondary N) is 2. The van der Waals surface area contributed by atoms with Crippen LogP contribution in [0.1, 0.15) is 13.3 Å². The number of amides is 1. The number of carboxylic acids is 1. The van der Waals surface area contributed by atoms with Crippen LogP contribution in [-0.4, -0.2) is 38.0 Å². The molecule has 0 unspecified atom stereocenters. The lowest BCUT2D eigenvalue weighted by Crippen LogP contribution is -2.39. The van der Waals surface area contributed by atoms with Crippen LogP contribution in [0.25, 0.3) is 0 Å². The van der Waals surface area contributed by atoms with Crippen molar-refractivity contribution in [1.29, 1.82) is 0 Å². The lowest BCUT2D eigenvalue weighted by Gasteiger charge is -2.10. The Bertz CT molecular complexity index is 632. The molecule has 1 aromatic carbocycles. The van der Waals surface area contributed by atoms with Gasteiger partial charge < -0.3 is 10.4 Å². The van der Waals surface area contributed by atoms with Gasteiger partial charge in [-0.1, -0.05) is 22.0 Å². The molecule has 1 amide bonds. The number of halogens is 1. The zero-order valence-electron chi connectivity index (χ0n) is 11.2. The third-order valence-electron chi connectivity index (χ3n) is 2.50. The Kier molecular flexibility index (Phi) is 6.31. The van der Waals surface area contributed by atoms with Gasteiger partial charge in [0, 0.05) is 17.4 Å². The van der Waals surface area contributed by atoms with Crippen molar-refractivity contribution >= 4 is 37.8 Å². The van der Waals surface area contributed by atoms with Crippen molar-refractivity contribution in [2.24, 2.45) is 0 Å². The van der Waals surface area contributed by atoms with Crippen molar-refractivity contribution < 1.29 is 23.1 Å². The van der Waals surface area contributed by atoms with Gasteiger partial charge in [-0.05, 0) is 25.1 Å². The van der Waals surface area contributed by atoms with Crippen LogP contribution in [0.15, 0.2) is 33.6 Å². The fraction of sp³-hybridized carbons (Fsp3) is 0.333. The highest BCUT2D eigenvalue weighted by molar-refractivity contribution is 9.10. The van der Waals surface area contributed by atoms with Crippen LogP contribution in [0.3, 0.4) is 0 Å². The maximum absolute atomic E-state index is 11.9. The average molecular weight is 379 g/mol. The second kappa shape index (κ2) is 7.53. The number of carbonyl (C=O) groups excluding carboxylic acids is 1. The van der Waals surface area contributed by atoms with Crippen molar-refractivity contribution in [1.82, 2.24) is 10.0 Å². The van der Waals surface area contributed by atoms with Crippen molar-refractivity contribution in [3.8, 4) is 0 Å². The molecule has 7 nitrogen and oxygen atoms in total. The molecular weight excluding hydrogens is 364 g/mol. The Morgan fingerprint density at radius 3 is 2.62 bits per heavy atom. The predicted molar refractivity (Wildman–Crippen MR) is 79.2 cm³/mol. The predicted octanol–water partition coefficient (Wildman–Crippen LogP) is 0.707. The molecule has 0 saturated carbocycles. The number of carboxylic acid groups (broad SMARTS) is 1. The summed E-state index contributed by atoms with van der Waals surface area (Å²) in [5, 5.41) is 10.9. The van der Waals surface area contributed by atoms with E-state index >= 15 is 0 Å². The van der Waals surface area contributed by atoms with E-state index in [4.69, 9.17) is 5.11 Å². The van der Waals surface area contributed by atoms with E-state index in [-0.39, 0.29) is 17.9 Å². The van der Waals surface area contributed by atoms with Gasteiger partial charge in [-0.3, -0.25) is 9.59 Å². The summed E-state index contributed by atoms with van der Waals surface area (Å²) < 4.78 is 26.8. The lowest BCUT2D eigenvalue weighted by molar-refractivity contribution is -0.141. The second-order valence-electron chi connectivity index (χ2n) is 4.23. The summed E-state index contributed by atoms with van der Waals surface area (Å²) in [6.45, 7) is 1.21. The summed E-state index contributed by atoms with van der Waals surface area (Å²) in [4.78, 5) is 22.1. The van der Waals surface area contributed by atoms with E-state index in [0.29, 0.717) is 4.47 Å². The molecular formula is C12H15BrN2O5S. The third-order valence-corrected chi connectivity index (χ3v) is 4.45. The second-order valence-corrected chi connectivity index (χ2v) is 6.92. The summed E-state index contributed by atoms with van der Waals surface area (Å²) >= 11 is 3.17. The summed E-state index contributed by atoms with van der Waals surface area (Å²) in [5.41, 5.74) is 0. The first-order valence-electron chi connectivity index (χ1n) is 6.00. The molecule has 0 bridgehead atoms. The van der Waals surface area contributed by atoms with Crippen LogP contribution >= 0.6 is 15.9 Å². The molecule has 21 heavy (non-hydrogen) atoms. The summed E-state index contributed by atoms with van der Waals surface area (Å²) in [5.74, 6) is -1.69. The van der Waals surface area contributed by atoms with Gasteiger partial charge in [-0.15, -0.1) is 0 Å². The maximum atomic E-state index is 11.9. The first-order chi connectivity index (χ1) is 9.72. The van der Waals surface area contributed by atoms with Crippen LogP contribution in [-0.2, 0) is 19.6 Å². The van der Waals surface area contributed by atoms with E-state index in [0.717, 1.165) is 0 Å². The van der Waals surface area contributed by atoms with Gasteiger partial charge in [0.25, 0.3) is 0 Å². The Hall–Kier alpha value is -1.45. The molecule has 0 aromatic heterocycles. The van der Waals surface area contributed by atoms with Gasteiger partial charge in [0.15, 0.2) is 0 Å². The van der Waals surface area contributed by atoms with Gasteiger partial charge >= 0.3 is 5.97 Å². The van der Waals surface area contributed by atoms with E-state index in [1.165, 1.54) is 19.1 Å². The Morgan fingerprint density at radius 2 is 2.05 bits per heavy atom. The summed E-state index contributed by atoms with van der Waals surface area (Å²) in [6, 6.07) is 5.13. The summed E-state index contributed by atoms with van der Waals surface area (Å²) in [7, 11) is -3.70. The normalized spacial score (nSPS) is 12.7. The van der Waals surface area contributed by atoms with Crippen LogP contribution in [0, 0.1) is 0 Å². The molecule has 3 N–H and O–H groups in total. The molecule has 0 radical (unpaired) electrons. The van der Waals surface area contributed by atoms with E-state index in [2.05, 4.69) is 26.0 Å². The smallest absolute Gasteiger partial charge is 0.325 e. The number of hydrogen-bond donors (Lipinski definition) is 3. The number of rotatable bonds is 7.